The molecule has 0 amide bonds. The van der Waals surface area contributed by atoms with Crippen LogP contribution in [0, 0.1) is 0 Å². The molecule has 0 unspecified atom stereocenters. The molecule has 1 heterocycles. The van der Waals surface area contributed by atoms with Crippen LogP contribution >= 0.6 is 0 Å². The van der Waals surface area contributed by atoms with E-state index in [1.165, 1.54) is 22.0 Å². The fourth-order valence-electron chi connectivity index (χ4n) is 2.66. The summed E-state index contributed by atoms with van der Waals surface area (Å²) in [7, 11) is 0. The maximum absolute atomic E-state index is 5.71. The molecule has 0 aliphatic carbocycles. The summed E-state index contributed by atoms with van der Waals surface area (Å²) < 4.78 is 5.71. The summed E-state index contributed by atoms with van der Waals surface area (Å²) in [6.07, 6.45) is 7.79. The quantitative estimate of drug-likeness (QED) is 0.634. The SMILES string of the molecule is c1ccc2cc(CCCOCCCc3cnc[nH]3)ccc2c1. The van der Waals surface area contributed by atoms with Gasteiger partial charge < -0.3 is 9.72 Å². The molecule has 3 nitrogen and oxygen atoms in total. The number of nitrogens with one attached hydrogen (secondary N) is 1. The van der Waals surface area contributed by atoms with Gasteiger partial charge in [-0.1, -0.05) is 42.5 Å². The number of aromatic amines is 1. The number of hydrogen-bond acceptors (Lipinski definition) is 2. The van der Waals surface area contributed by atoms with Gasteiger partial charge in [0.1, 0.15) is 0 Å². The second-order valence-electron chi connectivity index (χ2n) is 5.58. The lowest BCUT2D eigenvalue weighted by molar-refractivity contribution is 0.129. The van der Waals surface area contributed by atoms with E-state index in [2.05, 4.69) is 52.4 Å². The zero-order valence-electron chi connectivity index (χ0n) is 12.8. The average Bonchev–Trinajstić information content (AvgIpc) is 3.07. The van der Waals surface area contributed by atoms with Crippen molar-refractivity contribution in [3.05, 3.63) is 66.2 Å². The Morgan fingerprint density at radius 1 is 0.909 bits per heavy atom. The Balaban J connectivity index is 1.34. The Morgan fingerprint density at radius 2 is 1.73 bits per heavy atom. The van der Waals surface area contributed by atoms with Gasteiger partial charge in [-0.3, -0.25) is 0 Å². The summed E-state index contributed by atoms with van der Waals surface area (Å²) in [6.45, 7) is 1.65. The van der Waals surface area contributed by atoms with E-state index >= 15 is 0 Å². The van der Waals surface area contributed by atoms with Crippen molar-refractivity contribution in [1.29, 1.82) is 0 Å². The van der Waals surface area contributed by atoms with Gasteiger partial charge in [0.25, 0.3) is 0 Å². The third kappa shape index (κ3) is 4.18. The largest absolute Gasteiger partial charge is 0.381 e. The van der Waals surface area contributed by atoms with Crippen LogP contribution in [0.25, 0.3) is 10.8 Å². The third-order valence-corrected chi connectivity index (χ3v) is 3.86. The lowest BCUT2D eigenvalue weighted by Crippen LogP contribution is -2.00. The maximum atomic E-state index is 5.71. The van der Waals surface area contributed by atoms with E-state index in [4.69, 9.17) is 4.74 Å². The van der Waals surface area contributed by atoms with Gasteiger partial charge >= 0.3 is 0 Å². The Bertz CT molecular complexity index is 691. The average molecular weight is 294 g/mol. The van der Waals surface area contributed by atoms with Crippen molar-refractivity contribution in [2.45, 2.75) is 25.7 Å². The number of ether oxygens (including phenoxy) is 1. The number of benzene rings is 2. The van der Waals surface area contributed by atoms with Gasteiger partial charge in [0.15, 0.2) is 0 Å². The molecule has 1 N–H and O–H groups in total. The number of aryl methyl sites for hydroxylation is 2. The standard InChI is InChI=1S/C19H22N2O/c1-2-7-18-13-16(9-10-17(18)6-1)5-3-11-22-12-4-8-19-14-20-15-21-19/h1-2,6-7,9-10,13-15H,3-5,8,11-12H2,(H,20,21). The first kappa shape index (κ1) is 14.8. The molecule has 1 aromatic heterocycles. The number of aromatic nitrogens is 2. The van der Waals surface area contributed by atoms with Crippen LogP contribution in [0.1, 0.15) is 24.1 Å². The minimum absolute atomic E-state index is 0.816. The van der Waals surface area contributed by atoms with E-state index in [1.54, 1.807) is 6.33 Å². The smallest absolute Gasteiger partial charge is 0.0921 e. The highest BCUT2D eigenvalue weighted by Crippen LogP contribution is 2.16. The molecule has 3 heteroatoms. The fraction of sp³-hybridized carbons (Fsp3) is 0.316. The Labute approximate surface area is 131 Å². The Morgan fingerprint density at radius 3 is 2.55 bits per heavy atom. The van der Waals surface area contributed by atoms with Gasteiger partial charge in [-0.05, 0) is 42.0 Å². The van der Waals surface area contributed by atoms with Crippen LogP contribution in [-0.4, -0.2) is 23.2 Å². The molecule has 0 spiro atoms. The highest BCUT2D eigenvalue weighted by molar-refractivity contribution is 5.82. The van der Waals surface area contributed by atoms with Crippen LogP contribution in [0.4, 0.5) is 0 Å². The van der Waals surface area contributed by atoms with Crippen LogP contribution in [0.15, 0.2) is 55.0 Å². The lowest BCUT2D eigenvalue weighted by Gasteiger charge is -2.05. The normalized spacial score (nSPS) is 11.1. The highest BCUT2D eigenvalue weighted by atomic mass is 16.5. The molecule has 0 bridgehead atoms. The van der Waals surface area contributed by atoms with E-state index in [0.717, 1.165) is 38.9 Å². The van der Waals surface area contributed by atoms with Crippen LogP contribution in [-0.2, 0) is 17.6 Å². The Kier molecular flexibility index (Phi) is 5.22. The summed E-state index contributed by atoms with van der Waals surface area (Å²) in [5.74, 6) is 0. The van der Waals surface area contributed by atoms with Gasteiger partial charge in [0, 0.05) is 25.1 Å². The predicted octanol–water partition coefficient (Wildman–Crippen LogP) is 4.14. The number of fused-ring (bicyclic) bond motifs is 1. The van der Waals surface area contributed by atoms with Gasteiger partial charge in [0.2, 0.25) is 0 Å². The number of imidazole rings is 1. The first-order chi connectivity index (χ1) is 10.9. The minimum Gasteiger partial charge on any atom is -0.381 e. The molecular weight excluding hydrogens is 272 g/mol. The third-order valence-electron chi connectivity index (χ3n) is 3.86. The molecule has 22 heavy (non-hydrogen) atoms. The molecule has 0 saturated heterocycles. The molecule has 0 saturated carbocycles. The van der Waals surface area contributed by atoms with E-state index in [1.807, 2.05) is 6.20 Å². The molecule has 0 aliphatic rings. The molecule has 3 rings (SSSR count). The Hall–Kier alpha value is -2.13. The molecule has 2 aromatic carbocycles. The second-order valence-corrected chi connectivity index (χ2v) is 5.58. The lowest BCUT2D eigenvalue weighted by atomic mass is 10.0. The van der Waals surface area contributed by atoms with Crippen LogP contribution in [0.5, 0.6) is 0 Å². The van der Waals surface area contributed by atoms with E-state index in [0.29, 0.717) is 0 Å². The topological polar surface area (TPSA) is 37.9 Å². The second kappa shape index (κ2) is 7.76. The van der Waals surface area contributed by atoms with Gasteiger partial charge in [-0.25, -0.2) is 4.98 Å². The van der Waals surface area contributed by atoms with Crippen molar-refractivity contribution in [1.82, 2.24) is 9.97 Å². The van der Waals surface area contributed by atoms with Crippen molar-refractivity contribution in [2.24, 2.45) is 0 Å². The summed E-state index contributed by atoms with van der Waals surface area (Å²) in [6, 6.07) is 15.2. The van der Waals surface area contributed by atoms with Crippen molar-refractivity contribution in [3.63, 3.8) is 0 Å². The van der Waals surface area contributed by atoms with Crippen molar-refractivity contribution >= 4 is 10.8 Å². The minimum atomic E-state index is 0.816. The van der Waals surface area contributed by atoms with Gasteiger partial charge in [-0.15, -0.1) is 0 Å². The fourth-order valence-corrected chi connectivity index (χ4v) is 2.66. The molecule has 114 valence electrons. The van der Waals surface area contributed by atoms with E-state index in [-0.39, 0.29) is 0 Å². The monoisotopic (exact) mass is 294 g/mol. The highest BCUT2D eigenvalue weighted by Gasteiger charge is 1.98. The molecular formula is C19H22N2O. The van der Waals surface area contributed by atoms with E-state index < -0.39 is 0 Å². The predicted molar refractivity (Wildman–Crippen MR) is 90.0 cm³/mol. The number of nitrogens with zero attached hydrogens (tertiary/aromatic N) is 1. The first-order valence-corrected chi connectivity index (χ1v) is 7.94. The molecule has 0 radical (unpaired) electrons. The number of rotatable bonds is 8. The van der Waals surface area contributed by atoms with Gasteiger partial charge in [0.05, 0.1) is 6.33 Å². The van der Waals surface area contributed by atoms with Crippen LogP contribution in [0.3, 0.4) is 0 Å². The maximum Gasteiger partial charge on any atom is 0.0921 e. The van der Waals surface area contributed by atoms with Crippen molar-refractivity contribution in [3.8, 4) is 0 Å². The summed E-state index contributed by atoms with van der Waals surface area (Å²) >= 11 is 0. The molecule has 3 aromatic rings. The number of hydrogen-bond donors (Lipinski definition) is 1. The van der Waals surface area contributed by atoms with Crippen LogP contribution in [0.2, 0.25) is 0 Å². The summed E-state index contributed by atoms with van der Waals surface area (Å²) in [4.78, 5) is 7.12. The molecule has 0 atom stereocenters. The van der Waals surface area contributed by atoms with E-state index in [9.17, 15) is 0 Å². The molecule has 0 fully saturated rings. The van der Waals surface area contributed by atoms with Crippen molar-refractivity contribution < 1.29 is 4.74 Å². The van der Waals surface area contributed by atoms with Gasteiger partial charge in [-0.2, -0.15) is 0 Å². The summed E-state index contributed by atoms with van der Waals surface area (Å²) in [5, 5.41) is 2.63. The number of H-pyrrole nitrogens is 1. The van der Waals surface area contributed by atoms with Crippen LogP contribution < -0.4 is 0 Å². The summed E-state index contributed by atoms with van der Waals surface area (Å²) in [5.41, 5.74) is 2.57. The van der Waals surface area contributed by atoms with Crippen molar-refractivity contribution in [2.75, 3.05) is 13.2 Å². The first-order valence-electron chi connectivity index (χ1n) is 7.94. The zero-order valence-corrected chi connectivity index (χ0v) is 12.8. The zero-order chi connectivity index (χ0) is 15.0. The molecule has 0 aliphatic heterocycles.